The largest absolute Gasteiger partial charge is 0.393 e. The van der Waals surface area contributed by atoms with Gasteiger partial charge in [-0.1, -0.05) is 18.2 Å². The molecule has 1 aromatic rings. The van der Waals surface area contributed by atoms with E-state index in [0.29, 0.717) is 31.6 Å². The van der Waals surface area contributed by atoms with Crippen LogP contribution in [0.15, 0.2) is 24.3 Å². The van der Waals surface area contributed by atoms with Gasteiger partial charge in [-0.25, -0.2) is 0 Å². The van der Waals surface area contributed by atoms with Crippen molar-refractivity contribution in [2.45, 2.75) is 25.9 Å². The van der Waals surface area contributed by atoms with Crippen LogP contribution in [0.3, 0.4) is 0 Å². The SMILES string of the molecule is Cc1ccccc1NC(=O)C(=O)N1CCC(O)CC1. The minimum absolute atomic E-state index is 0.358. The van der Waals surface area contributed by atoms with E-state index in [4.69, 9.17) is 0 Å². The topological polar surface area (TPSA) is 69.6 Å². The molecule has 19 heavy (non-hydrogen) atoms. The zero-order chi connectivity index (χ0) is 13.8. The molecular formula is C14H18N2O3. The molecule has 0 unspecified atom stereocenters. The quantitative estimate of drug-likeness (QED) is 0.739. The molecule has 1 heterocycles. The summed E-state index contributed by atoms with van der Waals surface area (Å²) in [6, 6.07) is 7.32. The minimum atomic E-state index is -0.620. The van der Waals surface area contributed by atoms with E-state index in [2.05, 4.69) is 5.32 Å². The normalized spacial score (nSPS) is 16.2. The van der Waals surface area contributed by atoms with Crippen LogP contribution in [0, 0.1) is 6.92 Å². The second kappa shape index (κ2) is 5.84. The Kier molecular flexibility index (Phi) is 4.16. The maximum atomic E-state index is 12.0. The summed E-state index contributed by atoms with van der Waals surface area (Å²) in [4.78, 5) is 25.3. The molecule has 1 aliphatic rings. The molecule has 2 rings (SSSR count). The van der Waals surface area contributed by atoms with Gasteiger partial charge in [-0.05, 0) is 31.4 Å². The molecule has 2 amide bonds. The number of aliphatic hydroxyl groups excluding tert-OH is 1. The summed E-state index contributed by atoms with van der Waals surface area (Å²) < 4.78 is 0. The molecule has 0 bridgehead atoms. The van der Waals surface area contributed by atoms with Gasteiger partial charge in [-0.15, -0.1) is 0 Å². The van der Waals surface area contributed by atoms with E-state index in [1.54, 1.807) is 6.07 Å². The summed E-state index contributed by atoms with van der Waals surface area (Å²) in [5, 5.41) is 12.0. The minimum Gasteiger partial charge on any atom is -0.393 e. The van der Waals surface area contributed by atoms with Crippen LogP contribution in [0.4, 0.5) is 5.69 Å². The van der Waals surface area contributed by atoms with Crippen molar-refractivity contribution in [2.75, 3.05) is 18.4 Å². The standard InChI is InChI=1S/C14H18N2O3/c1-10-4-2-3-5-12(10)15-13(18)14(19)16-8-6-11(17)7-9-16/h2-5,11,17H,6-9H2,1H3,(H,15,18). The fraction of sp³-hybridized carbons (Fsp3) is 0.429. The van der Waals surface area contributed by atoms with Gasteiger partial charge in [-0.3, -0.25) is 9.59 Å². The zero-order valence-corrected chi connectivity index (χ0v) is 10.9. The van der Waals surface area contributed by atoms with Crippen molar-refractivity contribution in [1.29, 1.82) is 0 Å². The fourth-order valence-electron chi connectivity index (χ4n) is 2.10. The zero-order valence-electron chi connectivity index (χ0n) is 10.9. The second-order valence-corrected chi connectivity index (χ2v) is 4.79. The Morgan fingerprint density at radius 2 is 1.89 bits per heavy atom. The van der Waals surface area contributed by atoms with Gasteiger partial charge in [0.1, 0.15) is 0 Å². The molecule has 0 radical (unpaired) electrons. The first kappa shape index (κ1) is 13.5. The number of piperidine rings is 1. The summed E-state index contributed by atoms with van der Waals surface area (Å²) in [6.45, 7) is 2.74. The van der Waals surface area contributed by atoms with Crippen LogP contribution < -0.4 is 5.32 Å². The van der Waals surface area contributed by atoms with Crippen molar-refractivity contribution < 1.29 is 14.7 Å². The van der Waals surface area contributed by atoms with Crippen molar-refractivity contribution in [3.8, 4) is 0 Å². The van der Waals surface area contributed by atoms with Crippen LogP contribution in [0.2, 0.25) is 0 Å². The molecule has 1 aromatic carbocycles. The molecule has 0 saturated carbocycles. The smallest absolute Gasteiger partial charge is 0.313 e. The monoisotopic (exact) mass is 262 g/mol. The van der Waals surface area contributed by atoms with Gasteiger partial charge in [0.2, 0.25) is 0 Å². The molecule has 0 atom stereocenters. The highest BCUT2D eigenvalue weighted by atomic mass is 16.3. The number of rotatable bonds is 1. The van der Waals surface area contributed by atoms with Crippen LogP contribution in [-0.4, -0.2) is 41.0 Å². The van der Waals surface area contributed by atoms with E-state index in [-0.39, 0.29) is 6.10 Å². The predicted octanol–water partition coefficient (Wildman–Crippen LogP) is 0.917. The Morgan fingerprint density at radius 3 is 2.53 bits per heavy atom. The lowest BCUT2D eigenvalue weighted by Gasteiger charge is -2.29. The van der Waals surface area contributed by atoms with Crippen LogP contribution in [0.25, 0.3) is 0 Å². The van der Waals surface area contributed by atoms with Gasteiger partial charge in [-0.2, -0.15) is 0 Å². The number of aryl methyl sites for hydroxylation is 1. The Bertz CT molecular complexity index is 479. The lowest BCUT2D eigenvalue weighted by atomic mass is 10.1. The summed E-state index contributed by atoms with van der Waals surface area (Å²) in [7, 11) is 0. The first-order valence-corrected chi connectivity index (χ1v) is 6.42. The van der Waals surface area contributed by atoms with E-state index >= 15 is 0 Å². The number of benzene rings is 1. The van der Waals surface area contributed by atoms with Gasteiger partial charge in [0.25, 0.3) is 0 Å². The molecule has 1 saturated heterocycles. The first-order valence-electron chi connectivity index (χ1n) is 6.42. The molecule has 0 aliphatic carbocycles. The second-order valence-electron chi connectivity index (χ2n) is 4.79. The molecule has 2 N–H and O–H groups in total. The number of carbonyl (C=O) groups excluding carboxylic acids is 2. The number of amides is 2. The number of hydrogen-bond donors (Lipinski definition) is 2. The van der Waals surface area contributed by atoms with Crippen LogP contribution in [0.1, 0.15) is 18.4 Å². The van der Waals surface area contributed by atoms with E-state index in [0.717, 1.165) is 5.56 Å². The number of hydrogen-bond acceptors (Lipinski definition) is 3. The molecule has 0 spiro atoms. The van der Waals surface area contributed by atoms with Gasteiger partial charge in [0.15, 0.2) is 0 Å². The van der Waals surface area contributed by atoms with Gasteiger partial charge in [0, 0.05) is 18.8 Å². The number of nitrogens with one attached hydrogen (secondary N) is 1. The Balaban J connectivity index is 1.96. The lowest BCUT2D eigenvalue weighted by Crippen LogP contribution is -2.45. The number of anilines is 1. The third-order valence-electron chi connectivity index (χ3n) is 3.34. The maximum Gasteiger partial charge on any atom is 0.313 e. The lowest BCUT2D eigenvalue weighted by molar-refractivity contribution is -0.144. The van der Waals surface area contributed by atoms with E-state index < -0.39 is 11.8 Å². The highest BCUT2D eigenvalue weighted by molar-refractivity contribution is 6.39. The van der Waals surface area contributed by atoms with Crippen molar-refractivity contribution in [2.24, 2.45) is 0 Å². The van der Waals surface area contributed by atoms with Crippen LogP contribution >= 0.6 is 0 Å². The molecule has 5 nitrogen and oxygen atoms in total. The van der Waals surface area contributed by atoms with E-state index in [9.17, 15) is 14.7 Å². The summed E-state index contributed by atoms with van der Waals surface area (Å²) in [5.74, 6) is -1.15. The Labute approximate surface area is 112 Å². The van der Waals surface area contributed by atoms with E-state index in [1.807, 2.05) is 25.1 Å². The number of carbonyl (C=O) groups is 2. The maximum absolute atomic E-state index is 12.0. The van der Waals surface area contributed by atoms with Crippen molar-refractivity contribution in [3.05, 3.63) is 29.8 Å². The predicted molar refractivity (Wildman–Crippen MR) is 71.6 cm³/mol. The van der Waals surface area contributed by atoms with Crippen molar-refractivity contribution in [1.82, 2.24) is 4.90 Å². The molecule has 0 aromatic heterocycles. The first-order chi connectivity index (χ1) is 9.08. The molecule has 5 heteroatoms. The third kappa shape index (κ3) is 3.32. The Hall–Kier alpha value is -1.88. The van der Waals surface area contributed by atoms with Crippen LogP contribution in [-0.2, 0) is 9.59 Å². The number of aliphatic hydroxyl groups is 1. The average Bonchev–Trinajstić information content (AvgIpc) is 2.41. The Morgan fingerprint density at radius 1 is 1.26 bits per heavy atom. The van der Waals surface area contributed by atoms with Crippen molar-refractivity contribution >= 4 is 17.5 Å². The van der Waals surface area contributed by atoms with Gasteiger partial charge < -0.3 is 15.3 Å². The van der Waals surface area contributed by atoms with Gasteiger partial charge in [0.05, 0.1) is 6.10 Å². The molecule has 1 fully saturated rings. The molecule has 102 valence electrons. The fourth-order valence-corrected chi connectivity index (χ4v) is 2.10. The highest BCUT2D eigenvalue weighted by Gasteiger charge is 2.26. The highest BCUT2D eigenvalue weighted by Crippen LogP contribution is 2.14. The number of nitrogens with zero attached hydrogens (tertiary/aromatic N) is 1. The summed E-state index contributed by atoms with van der Waals surface area (Å²) in [6.07, 6.45) is 0.704. The third-order valence-corrected chi connectivity index (χ3v) is 3.34. The van der Waals surface area contributed by atoms with E-state index in [1.165, 1.54) is 4.90 Å². The average molecular weight is 262 g/mol. The molecular weight excluding hydrogens is 244 g/mol. The van der Waals surface area contributed by atoms with Crippen LogP contribution in [0.5, 0.6) is 0 Å². The van der Waals surface area contributed by atoms with Crippen molar-refractivity contribution in [3.63, 3.8) is 0 Å². The summed E-state index contributed by atoms with van der Waals surface area (Å²) in [5.41, 5.74) is 1.57. The number of para-hydroxylation sites is 1. The molecule has 1 aliphatic heterocycles. The van der Waals surface area contributed by atoms with Gasteiger partial charge >= 0.3 is 11.8 Å². The summed E-state index contributed by atoms with van der Waals surface area (Å²) >= 11 is 0. The number of likely N-dealkylation sites (tertiary alicyclic amines) is 1.